The van der Waals surface area contributed by atoms with Gasteiger partial charge in [-0.15, -0.1) is 11.3 Å². The molecule has 2 aromatic rings. The number of hydrogen-bond donors (Lipinski definition) is 1. The molecule has 1 atom stereocenters. The molecule has 0 bridgehead atoms. The summed E-state index contributed by atoms with van der Waals surface area (Å²) >= 11 is 1.71. The zero-order valence-electron chi connectivity index (χ0n) is 11.2. The molecule has 1 aromatic heterocycles. The van der Waals surface area contributed by atoms with Gasteiger partial charge in [0.15, 0.2) is 5.13 Å². The Balaban J connectivity index is 1.77. The van der Waals surface area contributed by atoms with Crippen molar-refractivity contribution in [2.45, 2.75) is 25.8 Å². The molecule has 0 spiro atoms. The first-order valence-corrected chi connectivity index (χ1v) is 7.65. The van der Waals surface area contributed by atoms with Crippen LogP contribution < -0.4 is 10.6 Å². The van der Waals surface area contributed by atoms with Crippen LogP contribution in [0.2, 0.25) is 0 Å². The summed E-state index contributed by atoms with van der Waals surface area (Å²) in [6.45, 7) is 4.07. The largest absolute Gasteiger partial charge is 0.347 e. The van der Waals surface area contributed by atoms with Gasteiger partial charge in [-0.3, -0.25) is 0 Å². The van der Waals surface area contributed by atoms with Crippen molar-refractivity contribution in [2.24, 2.45) is 5.73 Å². The van der Waals surface area contributed by atoms with Crippen LogP contribution in [0.25, 0.3) is 0 Å². The predicted molar refractivity (Wildman–Crippen MR) is 80.8 cm³/mol. The molecular weight excluding hydrogens is 254 g/mol. The lowest BCUT2D eigenvalue weighted by molar-refractivity contribution is 0.767. The Morgan fingerprint density at radius 2 is 1.84 bits per heavy atom. The lowest BCUT2D eigenvalue weighted by Gasteiger charge is -2.18. The fourth-order valence-corrected chi connectivity index (χ4v) is 3.47. The minimum Gasteiger partial charge on any atom is -0.347 e. The predicted octanol–water partition coefficient (Wildman–Crippen LogP) is 2.77. The Morgan fingerprint density at radius 3 is 2.37 bits per heavy atom. The number of thiazole rings is 1. The van der Waals surface area contributed by atoms with E-state index in [9.17, 15) is 0 Å². The van der Waals surface area contributed by atoms with Crippen molar-refractivity contribution in [3.63, 3.8) is 0 Å². The minimum absolute atomic E-state index is 0.0224. The molecule has 1 aromatic carbocycles. The number of benzene rings is 1. The van der Waals surface area contributed by atoms with E-state index in [1.807, 2.05) is 6.92 Å². The van der Waals surface area contributed by atoms with E-state index in [1.54, 1.807) is 11.3 Å². The van der Waals surface area contributed by atoms with Gasteiger partial charge in [-0.2, -0.15) is 0 Å². The van der Waals surface area contributed by atoms with Gasteiger partial charge in [0.1, 0.15) is 0 Å². The molecule has 0 saturated carbocycles. The van der Waals surface area contributed by atoms with Crippen LogP contribution in [0.5, 0.6) is 0 Å². The standard InChI is InChI=1S/C15H19N3S/c1-11(16)14-10-19-15(17-14)18-8-6-12-4-2-3-5-13(12)7-9-18/h2-5,10-11H,6-9,16H2,1H3. The number of hydrogen-bond acceptors (Lipinski definition) is 4. The molecule has 1 aliphatic heterocycles. The van der Waals surface area contributed by atoms with E-state index < -0.39 is 0 Å². The van der Waals surface area contributed by atoms with Crippen molar-refractivity contribution in [3.8, 4) is 0 Å². The maximum Gasteiger partial charge on any atom is 0.185 e. The lowest BCUT2D eigenvalue weighted by Crippen LogP contribution is -2.25. The molecule has 1 unspecified atom stereocenters. The van der Waals surface area contributed by atoms with Crippen LogP contribution >= 0.6 is 11.3 Å². The molecule has 0 amide bonds. The average Bonchev–Trinajstić information content (AvgIpc) is 2.80. The third-order valence-corrected chi connectivity index (χ3v) is 4.59. The highest BCUT2D eigenvalue weighted by molar-refractivity contribution is 7.13. The van der Waals surface area contributed by atoms with Crippen molar-refractivity contribution in [1.29, 1.82) is 0 Å². The van der Waals surface area contributed by atoms with Gasteiger partial charge in [0.2, 0.25) is 0 Å². The van der Waals surface area contributed by atoms with Crippen LogP contribution in [-0.4, -0.2) is 18.1 Å². The molecule has 2 heterocycles. The second-order valence-electron chi connectivity index (χ2n) is 5.10. The second kappa shape index (κ2) is 5.31. The average molecular weight is 273 g/mol. The first-order valence-electron chi connectivity index (χ1n) is 6.77. The highest BCUT2D eigenvalue weighted by atomic mass is 32.1. The summed E-state index contributed by atoms with van der Waals surface area (Å²) in [6.07, 6.45) is 2.20. The molecule has 0 fully saturated rings. The molecule has 3 nitrogen and oxygen atoms in total. The van der Waals surface area contributed by atoms with Crippen molar-refractivity contribution in [1.82, 2.24) is 4.98 Å². The SMILES string of the molecule is CC(N)c1csc(N2CCc3ccccc3CC2)n1. The molecular formula is C15H19N3S. The van der Waals surface area contributed by atoms with E-state index in [0.717, 1.165) is 36.8 Å². The van der Waals surface area contributed by atoms with Gasteiger partial charge in [-0.1, -0.05) is 24.3 Å². The van der Waals surface area contributed by atoms with Crippen LogP contribution in [0.4, 0.5) is 5.13 Å². The van der Waals surface area contributed by atoms with E-state index in [4.69, 9.17) is 5.73 Å². The molecule has 0 radical (unpaired) electrons. The molecule has 3 rings (SSSR count). The Bertz CT molecular complexity index is 535. The third-order valence-electron chi connectivity index (χ3n) is 3.67. The van der Waals surface area contributed by atoms with Crippen molar-refractivity contribution in [2.75, 3.05) is 18.0 Å². The highest BCUT2D eigenvalue weighted by Gasteiger charge is 2.17. The van der Waals surface area contributed by atoms with Crippen LogP contribution in [-0.2, 0) is 12.8 Å². The second-order valence-corrected chi connectivity index (χ2v) is 5.94. The van der Waals surface area contributed by atoms with Crippen LogP contribution in [0.3, 0.4) is 0 Å². The Morgan fingerprint density at radius 1 is 1.21 bits per heavy atom. The molecule has 1 aliphatic rings. The Labute approximate surface area is 118 Å². The van der Waals surface area contributed by atoms with Gasteiger partial charge in [-0.05, 0) is 30.9 Å². The third kappa shape index (κ3) is 2.65. The monoisotopic (exact) mass is 273 g/mol. The maximum atomic E-state index is 5.88. The highest BCUT2D eigenvalue weighted by Crippen LogP contribution is 2.26. The maximum absolute atomic E-state index is 5.88. The van der Waals surface area contributed by atoms with Gasteiger partial charge >= 0.3 is 0 Å². The molecule has 4 heteroatoms. The first-order chi connectivity index (χ1) is 9.24. The van der Waals surface area contributed by atoms with Gasteiger partial charge in [0.25, 0.3) is 0 Å². The molecule has 19 heavy (non-hydrogen) atoms. The fraction of sp³-hybridized carbons (Fsp3) is 0.400. The van der Waals surface area contributed by atoms with Crippen molar-refractivity contribution in [3.05, 3.63) is 46.5 Å². The quantitative estimate of drug-likeness (QED) is 0.915. The summed E-state index contributed by atoms with van der Waals surface area (Å²) in [4.78, 5) is 7.04. The van der Waals surface area contributed by atoms with Gasteiger partial charge < -0.3 is 10.6 Å². The topological polar surface area (TPSA) is 42.1 Å². The van der Waals surface area contributed by atoms with E-state index in [1.165, 1.54) is 11.1 Å². The first kappa shape index (κ1) is 12.6. The van der Waals surface area contributed by atoms with Gasteiger partial charge in [-0.25, -0.2) is 4.98 Å². The number of anilines is 1. The Kier molecular flexibility index (Phi) is 3.53. The van der Waals surface area contributed by atoms with E-state index >= 15 is 0 Å². The molecule has 100 valence electrons. The van der Waals surface area contributed by atoms with Gasteiger partial charge in [0.05, 0.1) is 5.69 Å². The zero-order chi connectivity index (χ0) is 13.2. The lowest BCUT2D eigenvalue weighted by atomic mass is 10.0. The summed E-state index contributed by atoms with van der Waals surface area (Å²) in [5, 5.41) is 3.19. The summed E-state index contributed by atoms with van der Waals surface area (Å²) in [5.41, 5.74) is 9.84. The van der Waals surface area contributed by atoms with E-state index in [-0.39, 0.29) is 6.04 Å². The minimum atomic E-state index is 0.0224. The van der Waals surface area contributed by atoms with Crippen LogP contribution in [0, 0.1) is 0 Å². The molecule has 0 aliphatic carbocycles. The van der Waals surface area contributed by atoms with Crippen molar-refractivity contribution < 1.29 is 0 Å². The van der Waals surface area contributed by atoms with Crippen LogP contribution in [0.15, 0.2) is 29.6 Å². The van der Waals surface area contributed by atoms with Crippen molar-refractivity contribution >= 4 is 16.5 Å². The number of nitrogens with two attached hydrogens (primary N) is 1. The van der Waals surface area contributed by atoms with Crippen LogP contribution in [0.1, 0.15) is 29.8 Å². The summed E-state index contributed by atoms with van der Waals surface area (Å²) in [7, 11) is 0. The number of nitrogens with zero attached hydrogens (tertiary/aromatic N) is 2. The zero-order valence-corrected chi connectivity index (χ0v) is 12.0. The fourth-order valence-electron chi connectivity index (χ4n) is 2.49. The van der Waals surface area contributed by atoms with E-state index in [2.05, 4.69) is 39.5 Å². The summed E-state index contributed by atoms with van der Waals surface area (Å²) in [5.74, 6) is 0. The van der Waals surface area contributed by atoms with E-state index in [0.29, 0.717) is 0 Å². The Hall–Kier alpha value is -1.39. The summed E-state index contributed by atoms with van der Waals surface area (Å²) < 4.78 is 0. The van der Waals surface area contributed by atoms with Gasteiger partial charge in [0, 0.05) is 24.5 Å². The normalized spacial score (nSPS) is 16.8. The molecule has 2 N–H and O–H groups in total. The number of rotatable bonds is 2. The summed E-state index contributed by atoms with van der Waals surface area (Å²) in [6, 6.07) is 8.77. The molecule has 0 saturated heterocycles. The number of fused-ring (bicyclic) bond motifs is 1. The number of aromatic nitrogens is 1. The smallest absolute Gasteiger partial charge is 0.185 e.